The molecule has 9 heavy (non-hydrogen) atoms. The van der Waals surface area contributed by atoms with Gasteiger partial charge in [0.1, 0.15) is 6.10 Å². The summed E-state index contributed by atoms with van der Waals surface area (Å²) in [6, 6.07) is 0. The SMILES string of the molecule is C[C@@H]1CC[C@@H](O)[C@H](O)O1. The van der Waals surface area contributed by atoms with E-state index in [1.165, 1.54) is 0 Å². The third-order valence-electron chi connectivity index (χ3n) is 1.57. The van der Waals surface area contributed by atoms with E-state index < -0.39 is 12.4 Å². The van der Waals surface area contributed by atoms with Gasteiger partial charge in [-0.25, -0.2) is 0 Å². The average Bonchev–Trinajstić information content (AvgIpc) is 1.80. The maximum atomic E-state index is 8.92. The Morgan fingerprint density at radius 2 is 2.00 bits per heavy atom. The molecule has 0 aromatic carbocycles. The third-order valence-corrected chi connectivity index (χ3v) is 1.57. The normalized spacial score (nSPS) is 45.0. The molecule has 0 spiro atoms. The van der Waals surface area contributed by atoms with Gasteiger partial charge in [-0.15, -0.1) is 0 Å². The highest BCUT2D eigenvalue weighted by Crippen LogP contribution is 2.16. The van der Waals surface area contributed by atoms with Crippen molar-refractivity contribution in [3.05, 3.63) is 0 Å². The lowest BCUT2D eigenvalue weighted by atomic mass is 10.1. The summed E-state index contributed by atoms with van der Waals surface area (Å²) in [6.07, 6.45) is -0.0843. The van der Waals surface area contributed by atoms with E-state index in [4.69, 9.17) is 14.9 Å². The minimum atomic E-state index is -0.964. The van der Waals surface area contributed by atoms with E-state index in [9.17, 15) is 0 Å². The molecule has 0 unspecified atom stereocenters. The van der Waals surface area contributed by atoms with Crippen LogP contribution in [0.25, 0.3) is 0 Å². The molecule has 0 radical (unpaired) electrons. The Labute approximate surface area is 54.3 Å². The van der Waals surface area contributed by atoms with Crippen LogP contribution in [0, 0.1) is 0 Å². The molecule has 2 N–H and O–H groups in total. The molecule has 0 amide bonds. The zero-order valence-corrected chi connectivity index (χ0v) is 5.45. The van der Waals surface area contributed by atoms with Gasteiger partial charge in [-0.2, -0.15) is 0 Å². The molecule has 0 aromatic heterocycles. The van der Waals surface area contributed by atoms with Gasteiger partial charge in [-0.3, -0.25) is 0 Å². The largest absolute Gasteiger partial charge is 0.388 e. The van der Waals surface area contributed by atoms with E-state index in [0.29, 0.717) is 6.42 Å². The zero-order chi connectivity index (χ0) is 6.85. The van der Waals surface area contributed by atoms with Gasteiger partial charge in [0, 0.05) is 0 Å². The second kappa shape index (κ2) is 2.64. The van der Waals surface area contributed by atoms with Crippen LogP contribution in [0.15, 0.2) is 0 Å². The summed E-state index contributed by atoms with van der Waals surface area (Å²) in [5.41, 5.74) is 0. The number of hydrogen-bond acceptors (Lipinski definition) is 3. The van der Waals surface area contributed by atoms with Gasteiger partial charge in [0.15, 0.2) is 6.29 Å². The molecule has 1 rings (SSSR count). The zero-order valence-electron chi connectivity index (χ0n) is 5.45. The van der Waals surface area contributed by atoms with Crippen molar-refractivity contribution in [2.45, 2.75) is 38.3 Å². The lowest BCUT2D eigenvalue weighted by Crippen LogP contribution is -2.37. The monoisotopic (exact) mass is 132 g/mol. The highest BCUT2D eigenvalue weighted by molar-refractivity contribution is 4.68. The summed E-state index contributed by atoms with van der Waals surface area (Å²) in [6.45, 7) is 1.88. The molecule has 3 nitrogen and oxygen atoms in total. The third kappa shape index (κ3) is 1.64. The van der Waals surface area contributed by atoms with E-state index in [1.54, 1.807) is 0 Å². The molecule has 54 valence electrons. The minimum Gasteiger partial charge on any atom is -0.388 e. The fourth-order valence-corrected chi connectivity index (χ4v) is 0.945. The van der Waals surface area contributed by atoms with E-state index in [-0.39, 0.29) is 6.10 Å². The van der Waals surface area contributed by atoms with Crippen LogP contribution in [0.5, 0.6) is 0 Å². The molecule has 0 saturated carbocycles. The van der Waals surface area contributed by atoms with E-state index >= 15 is 0 Å². The first-order valence-electron chi connectivity index (χ1n) is 3.21. The summed E-state index contributed by atoms with van der Waals surface area (Å²) in [7, 11) is 0. The quantitative estimate of drug-likeness (QED) is 0.482. The molecule has 1 fully saturated rings. The Balaban J connectivity index is 2.35. The molecule has 1 aliphatic heterocycles. The smallest absolute Gasteiger partial charge is 0.181 e. The van der Waals surface area contributed by atoms with Crippen molar-refractivity contribution in [2.75, 3.05) is 0 Å². The highest BCUT2D eigenvalue weighted by atomic mass is 16.6. The van der Waals surface area contributed by atoms with Gasteiger partial charge in [-0.05, 0) is 19.8 Å². The van der Waals surface area contributed by atoms with Crippen molar-refractivity contribution in [2.24, 2.45) is 0 Å². The lowest BCUT2D eigenvalue weighted by molar-refractivity contribution is -0.210. The molecule has 3 atom stereocenters. The van der Waals surface area contributed by atoms with Gasteiger partial charge >= 0.3 is 0 Å². The minimum absolute atomic E-state index is 0.0865. The standard InChI is InChI=1S/C6H12O3/c1-4-2-3-5(7)6(8)9-4/h4-8H,2-3H2,1H3/t4-,5-,6-/m1/s1. The van der Waals surface area contributed by atoms with Crippen LogP contribution in [-0.2, 0) is 4.74 Å². The number of ether oxygens (including phenoxy) is 1. The van der Waals surface area contributed by atoms with Crippen LogP contribution in [0.4, 0.5) is 0 Å². The van der Waals surface area contributed by atoms with Crippen molar-refractivity contribution < 1.29 is 14.9 Å². The van der Waals surface area contributed by atoms with Crippen LogP contribution in [0.3, 0.4) is 0 Å². The van der Waals surface area contributed by atoms with Gasteiger partial charge < -0.3 is 14.9 Å². The van der Waals surface area contributed by atoms with Crippen LogP contribution < -0.4 is 0 Å². The Morgan fingerprint density at radius 1 is 1.33 bits per heavy atom. The fraction of sp³-hybridized carbons (Fsp3) is 1.00. The topological polar surface area (TPSA) is 49.7 Å². The summed E-state index contributed by atoms with van der Waals surface area (Å²) >= 11 is 0. The van der Waals surface area contributed by atoms with Crippen molar-refractivity contribution in [1.82, 2.24) is 0 Å². The average molecular weight is 132 g/mol. The summed E-state index contributed by atoms with van der Waals surface area (Å²) < 4.78 is 4.90. The van der Waals surface area contributed by atoms with Crippen molar-refractivity contribution in [1.29, 1.82) is 0 Å². The van der Waals surface area contributed by atoms with Crippen LogP contribution in [-0.4, -0.2) is 28.7 Å². The molecule has 0 bridgehead atoms. The molecule has 1 heterocycles. The molecule has 0 aliphatic carbocycles. The second-order valence-corrected chi connectivity index (χ2v) is 2.48. The van der Waals surface area contributed by atoms with Crippen molar-refractivity contribution in [3.63, 3.8) is 0 Å². The Morgan fingerprint density at radius 3 is 2.44 bits per heavy atom. The highest BCUT2D eigenvalue weighted by Gasteiger charge is 2.24. The first kappa shape index (κ1) is 6.99. The van der Waals surface area contributed by atoms with E-state index in [2.05, 4.69) is 0 Å². The van der Waals surface area contributed by atoms with E-state index in [0.717, 1.165) is 6.42 Å². The Kier molecular flexibility index (Phi) is 2.05. The van der Waals surface area contributed by atoms with Gasteiger partial charge in [-0.1, -0.05) is 0 Å². The first-order valence-corrected chi connectivity index (χ1v) is 3.21. The van der Waals surface area contributed by atoms with Crippen molar-refractivity contribution >= 4 is 0 Å². The van der Waals surface area contributed by atoms with Crippen LogP contribution in [0.1, 0.15) is 19.8 Å². The molecular weight excluding hydrogens is 120 g/mol. The predicted molar refractivity (Wildman–Crippen MR) is 31.8 cm³/mol. The maximum absolute atomic E-state index is 8.92. The molecule has 1 saturated heterocycles. The van der Waals surface area contributed by atoms with E-state index in [1.807, 2.05) is 6.92 Å². The maximum Gasteiger partial charge on any atom is 0.181 e. The number of aliphatic hydroxyl groups excluding tert-OH is 2. The number of aliphatic hydroxyl groups is 2. The summed E-state index contributed by atoms with van der Waals surface area (Å²) in [4.78, 5) is 0. The molecule has 3 heteroatoms. The Bertz CT molecular complexity index is 94.3. The predicted octanol–water partition coefficient (Wildman–Crippen LogP) is -0.135. The summed E-state index contributed by atoms with van der Waals surface area (Å²) in [5, 5.41) is 17.8. The van der Waals surface area contributed by atoms with Gasteiger partial charge in [0.2, 0.25) is 0 Å². The number of hydrogen-bond donors (Lipinski definition) is 2. The summed E-state index contributed by atoms with van der Waals surface area (Å²) in [5.74, 6) is 0. The molecule has 1 aliphatic rings. The van der Waals surface area contributed by atoms with Crippen LogP contribution >= 0.6 is 0 Å². The van der Waals surface area contributed by atoms with Crippen LogP contribution in [0.2, 0.25) is 0 Å². The van der Waals surface area contributed by atoms with Crippen molar-refractivity contribution in [3.8, 4) is 0 Å². The second-order valence-electron chi connectivity index (χ2n) is 2.48. The fourth-order valence-electron chi connectivity index (χ4n) is 0.945. The molecular formula is C6H12O3. The van der Waals surface area contributed by atoms with Gasteiger partial charge in [0.25, 0.3) is 0 Å². The number of rotatable bonds is 0. The van der Waals surface area contributed by atoms with Gasteiger partial charge in [0.05, 0.1) is 6.10 Å². The first-order chi connectivity index (χ1) is 4.20. The molecule has 0 aromatic rings. The Hall–Kier alpha value is -0.120. The lowest BCUT2D eigenvalue weighted by Gasteiger charge is -2.28.